The Balaban J connectivity index is 2.28. The van der Waals surface area contributed by atoms with Gasteiger partial charge in [0.1, 0.15) is 0 Å². The molecule has 0 aliphatic heterocycles. The SMILES string of the molecule is CCC(NS(=O)(=O)c1ccc(OC)c(OC)c1)c1ccc(C(C)C)cc1. The minimum Gasteiger partial charge on any atom is -0.493 e. The Morgan fingerprint density at radius 3 is 2.00 bits per heavy atom. The van der Waals surface area contributed by atoms with Crippen LogP contribution in [0.3, 0.4) is 0 Å². The van der Waals surface area contributed by atoms with Gasteiger partial charge in [0.05, 0.1) is 19.1 Å². The summed E-state index contributed by atoms with van der Waals surface area (Å²) in [7, 11) is -0.698. The van der Waals surface area contributed by atoms with E-state index in [1.807, 2.05) is 31.2 Å². The summed E-state index contributed by atoms with van der Waals surface area (Å²) in [6, 6.07) is 12.3. The highest BCUT2D eigenvalue weighted by Gasteiger charge is 2.22. The fourth-order valence-electron chi connectivity index (χ4n) is 2.74. The Bertz CT molecular complexity index is 829. The van der Waals surface area contributed by atoms with Gasteiger partial charge in [-0.2, -0.15) is 0 Å². The molecule has 0 spiro atoms. The molecule has 0 fully saturated rings. The molecule has 26 heavy (non-hydrogen) atoms. The second-order valence-corrected chi connectivity index (χ2v) is 8.13. The molecule has 0 aliphatic rings. The summed E-state index contributed by atoms with van der Waals surface area (Å²) in [5, 5.41) is 0. The smallest absolute Gasteiger partial charge is 0.241 e. The van der Waals surface area contributed by atoms with E-state index in [1.54, 1.807) is 6.07 Å². The number of hydrogen-bond donors (Lipinski definition) is 1. The van der Waals surface area contributed by atoms with Crippen molar-refractivity contribution in [2.75, 3.05) is 14.2 Å². The lowest BCUT2D eigenvalue weighted by molar-refractivity contribution is 0.354. The van der Waals surface area contributed by atoms with Gasteiger partial charge < -0.3 is 9.47 Å². The van der Waals surface area contributed by atoms with E-state index in [9.17, 15) is 8.42 Å². The van der Waals surface area contributed by atoms with Crippen molar-refractivity contribution in [3.63, 3.8) is 0 Å². The van der Waals surface area contributed by atoms with E-state index in [0.29, 0.717) is 23.8 Å². The average molecular weight is 378 g/mol. The lowest BCUT2D eigenvalue weighted by Gasteiger charge is -2.19. The fourth-order valence-corrected chi connectivity index (χ4v) is 4.06. The molecule has 0 aliphatic carbocycles. The van der Waals surface area contributed by atoms with Gasteiger partial charge >= 0.3 is 0 Å². The summed E-state index contributed by atoms with van der Waals surface area (Å²) >= 11 is 0. The molecule has 0 heterocycles. The first kappa shape index (κ1) is 20.3. The van der Waals surface area contributed by atoms with Crippen LogP contribution in [0.25, 0.3) is 0 Å². The highest BCUT2D eigenvalue weighted by Crippen LogP contribution is 2.30. The van der Waals surface area contributed by atoms with Gasteiger partial charge in [0, 0.05) is 12.1 Å². The molecule has 142 valence electrons. The monoisotopic (exact) mass is 377 g/mol. The predicted molar refractivity (Wildman–Crippen MR) is 103 cm³/mol. The minimum atomic E-state index is -3.69. The van der Waals surface area contributed by atoms with Crippen LogP contribution in [0.5, 0.6) is 11.5 Å². The van der Waals surface area contributed by atoms with E-state index in [0.717, 1.165) is 5.56 Å². The molecule has 6 heteroatoms. The van der Waals surface area contributed by atoms with Gasteiger partial charge in [-0.1, -0.05) is 45.0 Å². The number of benzene rings is 2. The normalized spacial score (nSPS) is 12.8. The number of sulfonamides is 1. The number of nitrogens with one attached hydrogen (secondary N) is 1. The van der Waals surface area contributed by atoms with Crippen LogP contribution in [0.2, 0.25) is 0 Å². The number of ether oxygens (including phenoxy) is 2. The zero-order valence-corrected chi connectivity index (χ0v) is 16.8. The van der Waals surface area contributed by atoms with Crippen molar-refractivity contribution < 1.29 is 17.9 Å². The number of methoxy groups -OCH3 is 2. The summed E-state index contributed by atoms with van der Waals surface area (Å²) in [5.74, 6) is 1.31. The largest absolute Gasteiger partial charge is 0.493 e. The zero-order valence-electron chi connectivity index (χ0n) is 15.9. The quantitative estimate of drug-likeness (QED) is 0.747. The number of hydrogen-bond acceptors (Lipinski definition) is 4. The van der Waals surface area contributed by atoms with E-state index in [-0.39, 0.29) is 10.9 Å². The molecule has 0 radical (unpaired) electrons. The highest BCUT2D eigenvalue weighted by molar-refractivity contribution is 7.89. The van der Waals surface area contributed by atoms with Gasteiger partial charge in [-0.15, -0.1) is 0 Å². The predicted octanol–water partition coefficient (Wildman–Crippen LogP) is 4.26. The molecular weight excluding hydrogens is 350 g/mol. The average Bonchev–Trinajstić information content (AvgIpc) is 2.65. The molecule has 2 aromatic rings. The molecule has 1 atom stereocenters. The van der Waals surface area contributed by atoms with Crippen molar-refractivity contribution in [3.8, 4) is 11.5 Å². The molecule has 0 aromatic heterocycles. The summed E-state index contributed by atoms with van der Waals surface area (Å²) in [6.45, 7) is 6.22. The molecule has 2 rings (SSSR count). The van der Waals surface area contributed by atoms with E-state index < -0.39 is 10.0 Å². The maximum atomic E-state index is 12.8. The van der Waals surface area contributed by atoms with Crippen molar-refractivity contribution in [2.24, 2.45) is 0 Å². The summed E-state index contributed by atoms with van der Waals surface area (Å²) < 4.78 is 38.8. The molecule has 0 amide bonds. The second kappa shape index (κ2) is 8.56. The van der Waals surface area contributed by atoms with Gasteiger partial charge in [0.25, 0.3) is 0 Å². The first-order chi connectivity index (χ1) is 12.3. The first-order valence-electron chi connectivity index (χ1n) is 8.66. The maximum absolute atomic E-state index is 12.8. The van der Waals surface area contributed by atoms with E-state index in [2.05, 4.69) is 18.6 Å². The van der Waals surface area contributed by atoms with Crippen LogP contribution in [0.1, 0.15) is 50.3 Å². The maximum Gasteiger partial charge on any atom is 0.241 e. The van der Waals surface area contributed by atoms with E-state index >= 15 is 0 Å². The van der Waals surface area contributed by atoms with Gasteiger partial charge in [-0.25, -0.2) is 13.1 Å². The van der Waals surface area contributed by atoms with Gasteiger partial charge in [-0.3, -0.25) is 0 Å². The molecule has 0 saturated carbocycles. The minimum absolute atomic E-state index is 0.146. The first-order valence-corrected chi connectivity index (χ1v) is 10.1. The van der Waals surface area contributed by atoms with Gasteiger partial charge in [0.15, 0.2) is 11.5 Å². The third kappa shape index (κ3) is 4.56. The van der Waals surface area contributed by atoms with Crippen LogP contribution >= 0.6 is 0 Å². The lowest BCUT2D eigenvalue weighted by Crippen LogP contribution is -2.28. The highest BCUT2D eigenvalue weighted by atomic mass is 32.2. The van der Waals surface area contributed by atoms with Crippen molar-refractivity contribution in [1.82, 2.24) is 4.72 Å². The van der Waals surface area contributed by atoms with E-state index in [1.165, 1.54) is 31.9 Å². The van der Waals surface area contributed by atoms with E-state index in [4.69, 9.17) is 9.47 Å². The zero-order chi connectivity index (χ0) is 19.3. The molecule has 0 bridgehead atoms. The topological polar surface area (TPSA) is 64.6 Å². The van der Waals surface area contributed by atoms with Crippen LogP contribution < -0.4 is 14.2 Å². The summed E-state index contributed by atoms with van der Waals surface area (Å²) in [5.41, 5.74) is 2.17. The Morgan fingerprint density at radius 2 is 1.50 bits per heavy atom. The van der Waals surface area contributed by atoms with Crippen LogP contribution in [0, 0.1) is 0 Å². The van der Waals surface area contributed by atoms with Crippen LogP contribution in [0.15, 0.2) is 47.4 Å². The Hall–Kier alpha value is -2.05. The molecule has 2 aromatic carbocycles. The van der Waals surface area contributed by atoms with Crippen LogP contribution in [0.4, 0.5) is 0 Å². The molecule has 1 unspecified atom stereocenters. The lowest BCUT2D eigenvalue weighted by atomic mass is 9.98. The second-order valence-electron chi connectivity index (χ2n) is 6.42. The molecular formula is C20H27NO4S. The molecule has 5 nitrogen and oxygen atoms in total. The van der Waals surface area contributed by atoms with Gasteiger partial charge in [-0.05, 0) is 35.6 Å². The third-order valence-corrected chi connectivity index (χ3v) is 5.85. The summed E-state index contributed by atoms with van der Waals surface area (Å²) in [6.07, 6.45) is 0.646. The standard InChI is InChI=1S/C20H27NO4S/c1-6-18(16-9-7-15(8-10-16)14(2)3)21-26(22,23)17-11-12-19(24-4)20(13-17)25-5/h7-14,18,21H,6H2,1-5H3. The van der Waals surface area contributed by atoms with Crippen LogP contribution in [-0.2, 0) is 10.0 Å². The molecule has 1 N–H and O–H groups in total. The Kier molecular flexibility index (Phi) is 6.67. The summed E-state index contributed by atoms with van der Waals surface area (Å²) in [4.78, 5) is 0.146. The number of rotatable bonds is 8. The van der Waals surface area contributed by atoms with Crippen molar-refractivity contribution >= 4 is 10.0 Å². The third-order valence-electron chi connectivity index (χ3n) is 4.38. The van der Waals surface area contributed by atoms with Crippen molar-refractivity contribution in [1.29, 1.82) is 0 Å². The van der Waals surface area contributed by atoms with Gasteiger partial charge in [0.2, 0.25) is 10.0 Å². The van der Waals surface area contributed by atoms with Crippen LogP contribution in [-0.4, -0.2) is 22.6 Å². The molecule has 0 saturated heterocycles. The van der Waals surface area contributed by atoms with Crippen molar-refractivity contribution in [3.05, 3.63) is 53.6 Å². The Labute approximate surface area is 156 Å². The Morgan fingerprint density at radius 1 is 0.923 bits per heavy atom. The van der Waals surface area contributed by atoms with Crippen molar-refractivity contribution in [2.45, 2.75) is 44.0 Å². The fraction of sp³-hybridized carbons (Fsp3) is 0.400.